The minimum absolute atomic E-state index is 0.770. The lowest BCUT2D eigenvalue weighted by Crippen LogP contribution is -1.97. The van der Waals surface area contributed by atoms with Crippen LogP contribution in [0.5, 0.6) is 5.75 Å². The number of hydrogen-bond donors (Lipinski definition) is 1. The molecule has 0 bridgehead atoms. The molecule has 0 aliphatic rings. The Balaban J connectivity index is 1.82. The van der Waals surface area contributed by atoms with E-state index in [4.69, 9.17) is 10.5 Å². The largest absolute Gasteiger partial charge is 0.494 e. The SMILES string of the molecule is CCCCCCCCCCCCCOc1cccc(N)c1. The lowest BCUT2D eigenvalue weighted by atomic mass is 10.1. The summed E-state index contributed by atoms with van der Waals surface area (Å²) < 4.78 is 5.69. The van der Waals surface area contributed by atoms with Crippen LogP contribution in [0.25, 0.3) is 0 Å². The van der Waals surface area contributed by atoms with E-state index in [0.29, 0.717) is 0 Å². The molecule has 2 nitrogen and oxygen atoms in total. The van der Waals surface area contributed by atoms with Gasteiger partial charge in [0.2, 0.25) is 0 Å². The van der Waals surface area contributed by atoms with Crippen molar-refractivity contribution in [2.24, 2.45) is 0 Å². The Morgan fingerprint density at radius 2 is 1.38 bits per heavy atom. The summed E-state index contributed by atoms with van der Waals surface area (Å²) in [5.41, 5.74) is 6.49. The smallest absolute Gasteiger partial charge is 0.121 e. The van der Waals surface area contributed by atoms with Gasteiger partial charge in [0.15, 0.2) is 0 Å². The first-order valence-corrected chi connectivity index (χ1v) is 8.81. The Bertz CT molecular complexity index is 351. The minimum atomic E-state index is 0.770. The van der Waals surface area contributed by atoms with Crippen molar-refractivity contribution in [1.82, 2.24) is 0 Å². The summed E-state index contributed by atoms with van der Waals surface area (Å²) in [7, 11) is 0. The second-order valence-electron chi connectivity index (χ2n) is 5.96. The number of unbranched alkanes of at least 4 members (excludes halogenated alkanes) is 10. The normalized spacial score (nSPS) is 10.7. The van der Waals surface area contributed by atoms with Crippen molar-refractivity contribution in [2.75, 3.05) is 12.3 Å². The van der Waals surface area contributed by atoms with Gasteiger partial charge in [0.05, 0.1) is 6.61 Å². The third kappa shape index (κ3) is 10.2. The highest BCUT2D eigenvalue weighted by Gasteiger charge is 1.95. The van der Waals surface area contributed by atoms with Gasteiger partial charge in [-0.05, 0) is 18.6 Å². The molecule has 2 heteroatoms. The van der Waals surface area contributed by atoms with Gasteiger partial charge in [-0.3, -0.25) is 0 Å². The van der Waals surface area contributed by atoms with E-state index in [2.05, 4.69) is 6.92 Å². The molecule has 0 spiro atoms. The van der Waals surface area contributed by atoms with Crippen molar-refractivity contribution >= 4 is 5.69 Å². The van der Waals surface area contributed by atoms with Crippen LogP contribution in [0.3, 0.4) is 0 Å². The maximum Gasteiger partial charge on any atom is 0.121 e. The molecule has 0 amide bonds. The topological polar surface area (TPSA) is 35.2 Å². The summed E-state index contributed by atoms with van der Waals surface area (Å²) in [4.78, 5) is 0. The zero-order valence-electron chi connectivity index (χ0n) is 13.8. The molecule has 1 aromatic carbocycles. The zero-order valence-corrected chi connectivity index (χ0v) is 13.8. The second-order valence-corrected chi connectivity index (χ2v) is 5.96. The van der Waals surface area contributed by atoms with E-state index in [1.807, 2.05) is 24.3 Å². The molecular weight excluding hydrogens is 258 g/mol. The van der Waals surface area contributed by atoms with Gasteiger partial charge in [0, 0.05) is 11.8 Å². The number of rotatable bonds is 13. The lowest BCUT2D eigenvalue weighted by molar-refractivity contribution is 0.304. The van der Waals surface area contributed by atoms with Crippen molar-refractivity contribution in [2.45, 2.75) is 77.6 Å². The summed E-state index contributed by atoms with van der Waals surface area (Å²) in [6, 6.07) is 7.67. The maximum absolute atomic E-state index is 5.72. The molecule has 0 fully saturated rings. The highest BCUT2D eigenvalue weighted by molar-refractivity contribution is 5.43. The molecule has 0 atom stereocenters. The van der Waals surface area contributed by atoms with Crippen LogP contribution in [0.2, 0.25) is 0 Å². The molecule has 0 aliphatic heterocycles. The third-order valence-electron chi connectivity index (χ3n) is 3.87. The van der Waals surface area contributed by atoms with Gasteiger partial charge in [-0.2, -0.15) is 0 Å². The first kappa shape index (κ1) is 17.9. The number of nitrogen functional groups attached to an aromatic ring is 1. The number of benzene rings is 1. The van der Waals surface area contributed by atoms with Crippen LogP contribution in [0, 0.1) is 0 Å². The second kappa shape index (κ2) is 12.6. The van der Waals surface area contributed by atoms with Crippen LogP contribution in [0.15, 0.2) is 24.3 Å². The van der Waals surface area contributed by atoms with E-state index >= 15 is 0 Å². The highest BCUT2D eigenvalue weighted by Crippen LogP contribution is 2.15. The van der Waals surface area contributed by atoms with Gasteiger partial charge in [0.1, 0.15) is 5.75 Å². The Labute approximate surface area is 131 Å². The van der Waals surface area contributed by atoms with Gasteiger partial charge in [-0.25, -0.2) is 0 Å². The lowest BCUT2D eigenvalue weighted by Gasteiger charge is -2.06. The molecule has 0 radical (unpaired) electrons. The Morgan fingerprint density at radius 1 is 0.810 bits per heavy atom. The van der Waals surface area contributed by atoms with Crippen molar-refractivity contribution in [3.8, 4) is 5.75 Å². The number of ether oxygens (including phenoxy) is 1. The van der Waals surface area contributed by atoms with Gasteiger partial charge < -0.3 is 10.5 Å². The summed E-state index contributed by atoms with van der Waals surface area (Å²) in [6.07, 6.45) is 15.0. The maximum atomic E-state index is 5.72. The van der Waals surface area contributed by atoms with Gasteiger partial charge >= 0.3 is 0 Å². The Morgan fingerprint density at radius 3 is 1.95 bits per heavy atom. The van der Waals surface area contributed by atoms with E-state index in [-0.39, 0.29) is 0 Å². The molecule has 21 heavy (non-hydrogen) atoms. The van der Waals surface area contributed by atoms with Crippen LogP contribution in [-0.4, -0.2) is 6.61 Å². The molecule has 0 saturated carbocycles. The quantitative estimate of drug-likeness (QED) is 0.359. The van der Waals surface area contributed by atoms with Crippen LogP contribution in [-0.2, 0) is 0 Å². The van der Waals surface area contributed by atoms with Crippen LogP contribution in [0.1, 0.15) is 77.6 Å². The zero-order chi connectivity index (χ0) is 15.2. The summed E-state index contributed by atoms with van der Waals surface area (Å²) in [5, 5.41) is 0. The first-order valence-electron chi connectivity index (χ1n) is 8.81. The fourth-order valence-electron chi connectivity index (χ4n) is 2.56. The molecule has 1 rings (SSSR count). The molecule has 0 aromatic heterocycles. The van der Waals surface area contributed by atoms with Crippen LogP contribution in [0.4, 0.5) is 5.69 Å². The number of anilines is 1. The average Bonchev–Trinajstić information content (AvgIpc) is 2.48. The Kier molecular flexibility index (Phi) is 10.7. The summed E-state index contributed by atoms with van der Waals surface area (Å²) in [6.45, 7) is 3.08. The van der Waals surface area contributed by atoms with Crippen molar-refractivity contribution < 1.29 is 4.74 Å². The number of hydrogen-bond acceptors (Lipinski definition) is 2. The fraction of sp³-hybridized carbons (Fsp3) is 0.684. The van der Waals surface area contributed by atoms with E-state index in [9.17, 15) is 0 Å². The molecule has 120 valence electrons. The van der Waals surface area contributed by atoms with Crippen molar-refractivity contribution in [3.63, 3.8) is 0 Å². The predicted octanol–water partition coefficient (Wildman–Crippen LogP) is 5.96. The third-order valence-corrected chi connectivity index (χ3v) is 3.87. The summed E-state index contributed by atoms with van der Waals surface area (Å²) in [5.74, 6) is 0.891. The fourth-order valence-corrected chi connectivity index (χ4v) is 2.56. The molecular formula is C19H33NO. The minimum Gasteiger partial charge on any atom is -0.494 e. The van der Waals surface area contributed by atoms with Gasteiger partial charge in [-0.15, -0.1) is 0 Å². The number of nitrogens with two attached hydrogens (primary N) is 1. The molecule has 0 saturated heterocycles. The van der Waals surface area contributed by atoms with Crippen LogP contribution >= 0.6 is 0 Å². The van der Waals surface area contributed by atoms with Crippen LogP contribution < -0.4 is 10.5 Å². The molecule has 1 aromatic rings. The summed E-state index contributed by atoms with van der Waals surface area (Å²) >= 11 is 0. The average molecular weight is 291 g/mol. The highest BCUT2D eigenvalue weighted by atomic mass is 16.5. The van der Waals surface area contributed by atoms with E-state index in [1.165, 1.54) is 64.2 Å². The Hall–Kier alpha value is -1.18. The van der Waals surface area contributed by atoms with E-state index in [1.54, 1.807) is 0 Å². The van der Waals surface area contributed by atoms with Crippen molar-refractivity contribution in [1.29, 1.82) is 0 Å². The van der Waals surface area contributed by atoms with E-state index in [0.717, 1.165) is 24.5 Å². The van der Waals surface area contributed by atoms with E-state index < -0.39 is 0 Å². The molecule has 0 heterocycles. The molecule has 0 unspecified atom stereocenters. The monoisotopic (exact) mass is 291 g/mol. The van der Waals surface area contributed by atoms with Gasteiger partial charge in [-0.1, -0.05) is 77.2 Å². The predicted molar refractivity (Wildman–Crippen MR) is 92.8 cm³/mol. The molecule has 0 aliphatic carbocycles. The molecule has 2 N–H and O–H groups in total. The van der Waals surface area contributed by atoms with Gasteiger partial charge in [0.25, 0.3) is 0 Å². The first-order chi connectivity index (χ1) is 10.3. The standard InChI is InChI=1S/C19H33NO/c1-2-3-4-5-6-7-8-9-10-11-12-16-21-19-15-13-14-18(20)17-19/h13-15,17H,2-12,16,20H2,1H3. The van der Waals surface area contributed by atoms with Crippen molar-refractivity contribution in [3.05, 3.63) is 24.3 Å².